The second kappa shape index (κ2) is 6.83. The molecule has 2 aromatic heterocycles. The molecule has 1 aliphatic rings. The molecule has 0 amide bonds. The molecule has 3 rings (SSSR count). The Morgan fingerprint density at radius 3 is 1.19 bits per heavy atom. The van der Waals surface area contributed by atoms with Crippen molar-refractivity contribution in [2.45, 2.75) is 45.5 Å². The fourth-order valence-electron chi connectivity index (χ4n) is 3.72. The molecule has 0 atom stereocenters. The summed E-state index contributed by atoms with van der Waals surface area (Å²) >= 11 is 0.685. The zero-order valence-corrected chi connectivity index (χ0v) is 17.9. The zero-order valence-electron chi connectivity index (χ0n) is 16.2. The summed E-state index contributed by atoms with van der Waals surface area (Å²) in [6.07, 6.45) is 0. The second-order valence-corrected chi connectivity index (χ2v) is 9.47. The average Bonchev–Trinajstić information content (AvgIpc) is 3.09. The topological polar surface area (TPSA) is 80.3 Å². The van der Waals surface area contributed by atoms with Crippen molar-refractivity contribution < 1.29 is 46.1 Å². The summed E-state index contributed by atoms with van der Waals surface area (Å²) in [5.74, 6) is -20.1. The molecule has 0 aromatic carbocycles. The van der Waals surface area contributed by atoms with E-state index in [2.05, 4.69) is 0 Å². The first-order valence-electron chi connectivity index (χ1n) is 8.52. The van der Waals surface area contributed by atoms with Crippen LogP contribution in [0.3, 0.4) is 0 Å². The molecule has 0 fully saturated rings. The van der Waals surface area contributed by atoms with Gasteiger partial charge in [-0.25, -0.2) is 0 Å². The maximum atomic E-state index is 14.9. The molecule has 0 bridgehead atoms. The third-order valence-corrected chi connectivity index (χ3v) is 7.62. The van der Waals surface area contributed by atoms with E-state index >= 15 is 0 Å². The monoisotopic (exact) mass is 482 g/mol. The third kappa shape index (κ3) is 2.87. The minimum Gasteiger partial charge on any atom is -0.545 e. The minimum atomic E-state index is -5.84. The summed E-state index contributed by atoms with van der Waals surface area (Å²) in [6.45, 7) is 4.45. The van der Waals surface area contributed by atoms with Crippen molar-refractivity contribution in [2.24, 2.45) is 0 Å². The van der Waals surface area contributed by atoms with Crippen molar-refractivity contribution >= 4 is 45.8 Å². The van der Waals surface area contributed by atoms with Gasteiger partial charge >= 0.3 is 17.8 Å². The maximum Gasteiger partial charge on any atom is 0.380 e. The van der Waals surface area contributed by atoms with Crippen LogP contribution in [0.25, 0.3) is 11.1 Å². The summed E-state index contributed by atoms with van der Waals surface area (Å²) in [4.78, 5) is 21.0. The fourth-order valence-corrected chi connectivity index (χ4v) is 6.19. The standard InChI is InChI=1S/C19H14F6O4S2/c1-5-9(15(26)27)7(3)30-13(5)11-12(18(22,23)19(24,25)17(11,20)21)14-6(2)10(16(28)29)8(4)31-14/h1-4H3,(H,26,27)(H,28,29)/p-2. The van der Waals surface area contributed by atoms with E-state index in [1.165, 1.54) is 13.8 Å². The van der Waals surface area contributed by atoms with Crippen molar-refractivity contribution in [3.8, 4) is 0 Å². The lowest BCUT2D eigenvalue weighted by molar-refractivity contribution is -0.256. The van der Waals surface area contributed by atoms with Gasteiger partial charge in [-0.1, -0.05) is 0 Å². The summed E-state index contributed by atoms with van der Waals surface area (Å²) < 4.78 is 88.2. The number of allylic oxidation sites excluding steroid dienone is 2. The molecule has 1 aliphatic carbocycles. The molecule has 0 N–H and O–H groups in total. The molecular weight excluding hydrogens is 470 g/mol. The molecule has 31 heavy (non-hydrogen) atoms. The molecule has 2 heterocycles. The SMILES string of the molecule is Cc1sc(C2=C(c3sc(C)c(C(=O)[O-])c3C)C(F)(F)C(F)(F)C2(F)F)c(C)c1C(=O)[O-]. The quantitative estimate of drug-likeness (QED) is 0.624. The van der Waals surface area contributed by atoms with Crippen LogP contribution >= 0.6 is 22.7 Å². The second-order valence-electron chi connectivity index (χ2n) is 7.02. The Labute approximate surface area is 179 Å². The largest absolute Gasteiger partial charge is 0.545 e. The van der Waals surface area contributed by atoms with Crippen LogP contribution in [-0.4, -0.2) is 29.7 Å². The Morgan fingerprint density at radius 1 is 0.677 bits per heavy atom. The van der Waals surface area contributed by atoms with E-state index in [1.807, 2.05) is 0 Å². The summed E-state index contributed by atoms with van der Waals surface area (Å²) in [7, 11) is 0. The first-order chi connectivity index (χ1) is 14.0. The number of hydrogen-bond acceptors (Lipinski definition) is 6. The van der Waals surface area contributed by atoms with E-state index in [1.54, 1.807) is 0 Å². The summed E-state index contributed by atoms with van der Waals surface area (Å²) in [5, 5.41) is 22.7. The van der Waals surface area contributed by atoms with Crippen molar-refractivity contribution in [3.63, 3.8) is 0 Å². The smallest absolute Gasteiger partial charge is 0.380 e. The van der Waals surface area contributed by atoms with E-state index in [0.29, 0.717) is 22.7 Å². The zero-order chi connectivity index (χ0) is 23.8. The lowest BCUT2D eigenvalue weighted by Gasteiger charge is -2.25. The number of alkyl halides is 6. The van der Waals surface area contributed by atoms with E-state index in [4.69, 9.17) is 0 Å². The minimum absolute atomic E-state index is 0.0943. The number of hydrogen-bond donors (Lipinski definition) is 0. The number of carboxylic acid groups (broad SMARTS) is 2. The molecular formula is C19H12F6O4S2-2. The Hall–Kier alpha value is -2.34. The van der Waals surface area contributed by atoms with Crippen LogP contribution in [0.4, 0.5) is 26.3 Å². The number of rotatable bonds is 4. The number of halogens is 6. The van der Waals surface area contributed by atoms with E-state index < -0.39 is 72.9 Å². The highest BCUT2D eigenvalue weighted by atomic mass is 32.1. The molecule has 0 aliphatic heterocycles. The van der Waals surface area contributed by atoms with Crippen LogP contribution in [-0.2, 0) is 0 Å². The van der Waals surface area contributed by atoms with Crippen LogP contribution in [0.2, 0.25) is 0 Å². The molecule has 168 valence electrons. The van der Waals surface area contributed by atoms with Crippen LogP contribution in [0.1, 0.15) is 51.4 Å². The Morgan fingerprint density at radius 2 is 0.968 bits per heavy atom. The van der Waals surface area contributed by atoms with Gasteiger partial charge in [0.2, 0.25) is 0 Å². The predicted octanol–water partition coefficient (Wildman–Crippen LogP) is 3.60. The number of aryl methyl sites for hydroxylation is 2. The fraction of sp³-hybridized carbons (Fsp3) is 0.368. The van der Waals surface area contributed by atoms with Crippen LogP contribution < -0.4 is 10.2 Å². The summed E-state index contributed by atoms with van der Waals surface area (Å²) in [5.41, 5.74) is -5.42. The first-order valence-corrected chi connectivity index (χ1v) is 10.1. The Kier molecular flexibility index (Phi) is 5.14. The molecule has 0 radical (unpaired) electrons. The van der Waals surface area contributed by atoms with Crippen molar-refractivity contribution in [1.82, 2.24) is 0 Å². The molecule has 2 aromatic rings. The Balaban J connectivity index is 2.52. The molecule has 0 saturated carbocycles. The van der Waals surface area contributed by atoms with Gasteiger partial charge in [0, 0.05) is 30.6 Å². The highest BCUT2D eigenvalue weighted by molar-refractivity contribution is 7.14. The van der Waals surface area contributed by atoms with Gasteiger partial charge in [-0.05, 0) is 38.8 Å². The van der Waals surface area contributed by atoms with Gasteiger partial charge in [-0.15, -0.1) is 22.7 Å². The molecule has 0 spiro atoms. The van der Waals surface area contributed by atoms with Gasteiger partial charge in [-0.2, -0.15) is 26.3 Å². The number of aromatic carboxylic acids is 2. The van der Waals surface area contributed by atoms with Gasteiger partial charge in [-0.3, -0.25) is 0 Å². The van der Waals surface area contributed by atoms with Crippen LogP contribution in [0.5, 0.6) is 0 Å². The number of carboxylic acids is 2. The van der Waals surface area contributed by atoms with E-state index in [0.717, 1.165) is 13.8 Å². The highest BCUT2D eigenvalue weighted by Crippen LogP contribution is 2.66. The Bertz CT molecular complexity index is 1080. The number of thiophene rings is 2. The van der Waals surface area contributed by atoms with Crippen molar-refractivity contribution in [1.29, 1.82) is 0 Å². The first kappa shape index (κ1) is 23.3. The van der Waals surface area contributed by atoms with Gasteiger partial charge in [0.25, 0.3) is 0 Å². The normalized spacial score (nSPS) is 19.2. The van der Waals surface area contributed by atoms with Crippen LogP contribution in [0, 0.1) is 27.7 Å². The molecule has 12 heteroatoms. The average molecular weight is 482 g/mol. The molecule has 0 unspecified atom stereocenters. The van der Waals surface area contributed by atoms with Gasteiger partial charge in [0.1, 0.15) is 0 Å². The van der Waals surface area contributed by atoms with Gasteiger partial charge in [0.05, 0.1) is 23.1 Å². The van der Waals surface area contributed by atoms with Crippen LogP contribution in [0.15, 0.2) is 0 Å². The number of carbonyl (C=O) groups excluding carboxylic acids is 2. The van der Waals surface area contributed by atoms with Crippen molar-refractivity contribution in [3.05, 3.63) is 41.8 Å². The van der Waals surface area contributed by atoms with Gasteiger partial charge in [0.15, 0.2) is 0 Å². The van der Waals surface area contributed by atoms with E-state index in [-0.39, 0.29) is 9.75 Å². The van der Waals surface area contributed by atoms with E-state index in [9.17, 15) is 46.1 Å². The molecule has 0 saturated heterocycles. The highest BCUT2D eigenvalue weighted by Gasteiger charge is 2.80. The molecule has 4 nitrogen and oxygen atoms in total. The summed E-state index contributed by atoms with van der Waals surface area (Å²) in [6, 6.07) is 0. The van der Waals surface area contributed by atoms with Gasteiger partial charge < -0.3 is 19.8 Å². The third-order valence-electron chi connectivity index (χ3n) is 5.17. The lowest BCUT2D eigenvalue weighted by Crippen LogP contribution is -2.48. The predicted molar refractivity (Wildman–Crippen MR) is 97.9 cm³/mol. The maximum absolute atomic E-state index is 14.9. The van der Waals surface area contributed by atoms with Crippen molar-refractivity contribution in [2.75, 3.05) is 0 Å². The lowest BCUT2D eigenvalue weighted by atomic mass is 9.98. The number of carbonyl (C=O) groups is 2.